The Balaban J connectivity index is 1.75. The van der Waals surface area contributed by atoms with Crippen molar-refractivity contribution < 1.29 is 4.79 Å². The number of benzene rings is 1. The third-order valence-electron chi connectivity index (χ3n) is 4.77. The zero-order valence-electron chi connectivity index (χ0n) is 16.6. The molecule has 2 heterocycles. The van der Waals surface area contributed by atoms with Crippen LogP contribution in [-0.2, 0) is 11.3 Å². The highest BCUT2D eigenvalue weighted by Crippen LogP contribution is 2.31. The van der Waals surface area contributed by atoms with Crippen LogP contribution in [-0.4, -0.2) is 26.4 Å². The van der Waals surface area contributed by atoms with Gasteiger partial charge in [0.1, 0.15) is 0 Å². The number of allylic oxidation sites excluding steroid dienone is 1. The number of nitrogens with zero attached hydrogens (tertiary/aromatic N) is 3. The van der Waals surface area contributed by atoms with E-state index in [0.717, 1.165) is 28.2 Å². The summed E-state index contributed by atoms with van der Waals surface area (Å²) >= 11 is 3.09. The minimum absolute atomic E-state index is 0.0593. The number of aryl methyl sites for hydroxylation is 2. The first kappa shape index (κ1) is 20.4. The van der Waals surface area contributed by atoms with Gasteiger partial charge in [-0.1, -0.05) is 30.0 Å². The Morgan fingerprint density at radius 2 is 2.04 bits per heavy atom. The van der Waals surface area contributed by atoms with Gasteiger partial charge in [0.05, 0.1) is 5.75 Å². The Labute approximate surface area is 173 Å². The molecule has 1 amide bonds. The highest BCUT2D eigenvalue weighted by molar-refractivity contribution is 7.99. The number of carbonyl (C=O) groups is 1. The number of amides is 1. The van der Waals surface area contributed by atoms with Crippen molar-refractivity contribution >= 4 is 34.7 Å². The van der Waals surface area contributed by atoms with E-state index in [0.29, 0.717) is 11.7 Å². The number of carbonyl (C=O) groups excluding carboxylic acids is 1. The van der Waals surface area contributed by atoms with Crippen LogP contribution in [0.5, 0.6) is 0 Å². The van der Waals surface area contributed by atoms with E-state index in [-0.39, 0.29) is 11.7 Å². The van der Waals surface area contributed by atoms with Gasteiger partial charge in [-0.05, 0) is 50.5 Å². The van der Waals surface area contributed by atoms with Crippen molar-refractivity contribution in [3.63, 3.8) is 0 Å². The van der Waals surface area contributed by atoms with Crippen LogP contribution in [0.15, 0.2) is 41.4 Å². The molecule has 0 atom stereocenters. The number of aromatic nitrogens is 3. The lowest BCUT2D eigenvalue weighted by atomic mass is 10.1. The van der Waals surface area contributed by atoms with Crippen molar-refractivity contribution in [3.05, 3.63) is 57.8 Å². The Morgan fingerprint density at radius 1 is 1.25 bits per heavy atom. The van der Waals surface area contributed by atoms with Crippen LogP contribution < -0.4 is 5.32 Å². The van der Waals surface area contributed by atoms with E-state index in [1.54, 1.807) is 11.3 Å². The molecule has 0 unspecified atom stereocenters. The fourth-order valence-corrected chi connectivity index (χ4v) is 4.44. The molecule has 0 saturated carbocycles. The van der Waals surface area contributed by atoms with Gasteiger partial charge in [-0.3, -0.25) is 9.36 Å². The largest absolute Gasteiger partial charge is 0.325 e. The summed E-state index contributed by atoms with van der Waals surface area (Å²) in [6.07, 6.45) is 1.82. The number of hydrogen-bond acceptors (Lipinski definition) is 5. The van der Waals surface area contributed by atoms with Crippen LogP contribution in [0.4, 0.5) is 5.69 Å². The van der Waals surface area contributed by atoms with Crippen LogP contribution in [0, 0.1) is 27.7 Å². The summed E-state index contributed by atoms with van der Waals surface area (Å²) < 4.78 is 2.01. The molecule has 0 radical (unpaired) electrons. The molecule has 3 aromatic rings. The fraction of sp³-hybridized carbons (Fsp3) is 0.286. The standard InChI is InChI=1S/C21H24N4OS2/c1-6-10-25-20(17-11-27-16(5)15(17)4)23-24-21(25)28-12-19(26)22-18-9-7-8-13(2)14(18)3/h6-9,11H,1,10,12H2,2-5H3,(H,22,26). The molecule has 0 fully saturated rings. The van der Waals surface area contributed by atoms with E-state index in [2.05, 4.69) is 41.3 Å². The van der Waals surface area contributed by atoms with Gasteiger partial charge in [0.15, 0.2) is 11.0 Å². The summed E-state index contributed by atoms with van der Waals surface area (Å²) in [5, 5.41) is 14.5. The van der Waals surface area contributed by atoms with Crippen molar-refractivity contribution in [2.24, 2.45) is 0 Å². The van der Waals surface area contributed by atoms with Gasteiger partial charge < -0.3 is 5.32 Å². The van der Waals surface area contributed by atoms with E-state index >= 15 is 0 Å². The molecule has 0 aliphatic carbocycles. The molecule has 146 valence electrons. The smallest absolute Gasteiger partial charge is 0.234 e. The molecule has 0 bridgehead atoms. The van der Waals surface area contributed by atoms with Crippen LogP contribution in [0.2, 0.25) is 0 Å². The second-order valence-corrected chi connectivity index (χ2v) is 8.65. The molecule has 7 heteroatoms. The van der Waals surface area contributed by atoms with Gasteiger partial charge in [-0.25, -0.2) is 0 Å². The second kappa shape index (κ2) is 8.75. The van der Waals surface area contributed by atoms with E-state index in [9.17, 15) is 4.79 Å². The number of rotatable bonds is 7. The Hall–Kier alpha value is -2.38. The monoisotopic (exact) mass is 412 g/mol. The Morgan fingerprint density at radius 3 is 2.71 bits per heavy atom. The van der Waals surface area contributed by atoms with Crippen molar-refractivity contribution in [2.75, 3.05) is 11.1 Å². The van der Waals surface area contributed by atoms with Gasteiger partial charge in [-0.15, -0.1) is 28.1 Å². The van der Waals surface area contributed by atoms with Crippen LogP contribution in [0.3, 0.4) is 0 Å². The highest BCUT2D eigenvalue weighted by Gasteiger charge is 2.18. The summed E-state index contributed by atoms with van der Waals surface area (Å²) in [4.78, 5) is 13.7. The Kier molecular flexibility index (Phi) is 6.36. The topological polar surface area (TPSA) is 59.8 Å². The summed E-state index contributed by atoms with van der Waals surface area (Å²) in [6, 6.07) is 5.90. The first-order valence-electron chi connectivity index (χ1n) is 9.00. The summed E-state index contributed by atoms with van der Waals surface area (Å²) in [7, 11) is 0. The molecule has 0 spiro atoms. The van der Waals surface area contributed by atoms with Crippen molar-refractivity contribution in [1.29, 1.82) is 0 Å². The fourth-order valence-electron chi connectivity index (χ4n) is 2.83. The third kappa shape index (κ3) is 4.20. The summed E-state index contributed by atoms with van der Waals surface area (Å²) in [6.45, 7) is 12.7. The summed E-state index contributed by atoms with van der Waals surface area (Å²) in [5.41, 5.74) is 5.39. The first-order chi connectivity index (χ1) is 13.4. The Bertz CT molecular complexity index is 1020. The zero-order chi connectivity index (χ0) is 20.3. The highest BCUT2D eigenvalue weighted by atomic mass is 32.2. The molecule has 1 aromatic carbocycles. The third-order valence-corrected chi connectivity index (χ3v) is 6.75. The van der Waals surface area contributed by atoms with Gasteiger partial charge in [0, 0.05) is 28.1 Å². The predicted molar refractivity (Wildman–Crippen MR) is 118 cm³/mol. The minimum atomic E-state index is -0.0593. The van der Waals surface area contributed by atoms with E-state index in [1.165, 1.54) is 22.2 Å². The average molecular weight is 413 g/mol. The van der Waals surface area contributed by atoms with Gasteiger partial charge in [0.2, 0.25) is 5.91 Å². The average Bonchev–Trinajstić information content (AvgIpc) is 3.21. The number of thioether (sulfide) groups is 1. The van der Waals surface area contributed by atoms with Crippen LogP contribution in [0.1, 0.15) is 21.6 Å². The van der Waals surface area contributed by atoms with Gasteiger partial charge in [0.25, 0.3) is 0 Å². The maximum absolute atomic E-state index is 12.4. The van der Waals surface area contributed by atoms with Gasteiger partial charge >= 0.3 is 0 Å². The minimum Gasteiger partial charge on any atom is -0.325 e. The molecule has 2 aromatic heterocycles. The quantitative estimate of drug-likeness (QED) is 0.430. The van der Waals surface area contributed by atoms with E-state index in [1.807, 2.05) is 42.7 Å². The van der Waals surface area contributed by atoms with E-state index < -0.39 is 0 Å². The van der Waals surface area contributed by atoms with Crippen molar-refractivity contribution in [2.45, 2.75) is 39.4 Å². The maximum atomic E-state index is 12.4. The molecule has 0 saturated heterocycles. The van der Waals surface area contributed by atoms with Crippen molar-refractivity contribution in [1.82, 2.24) is 14.8 Å². The summed E-state index contributed by atoms with van der Waals surface area (Å²) in [5.74, 6) is 1.03. The molecule has 1 N–H and O–H groups in total. The van der Waals surface area contributed by atoms with Gasteiger partial charge in [-0.2, -0.15) is 0 Å². The van der Waals surface area contributed by atoms with Crippen molar-refractivity contribution in [3.8, 4) is 11.4 Å². The lowest BCUT2D eigenvalue weighted by Gasteiger charge is -2.10. The SMILES string of the molecule is C=CCn1c(SCC(=O)Nc2cccc(C)c2C)nnc1-c1csc(C)c1C. The maximum Gasteiger partial charge on any atom is 0.234 e. The van der Waals surface area contributed by atoms with Crippen LogP contribution >= 0.6 is 23.1 Å². The second-order valence-electron chi connectivity index (χ2n) is 6.62. The number of hydrogen-bond donors (Lipinski definition) is 1. The molecule has 0 aliphatic rings. The first-order valence-corrected chi connectivity index (χ1v) is 10.9. The molecular weight excluding hydrogens is 388 g/mol. The number of thiophene rings is 1. The lowest BCUT2D eigenvalue weighted by molar-refractivity contribution is -0.113. The molecule has 3 rings (SSSR count). The molecule has 5 nitrogen and oxygen atoms in total. The molecule has 28 heavy (non-hydrogen) atoms. The number of anilines is 1. The lowest BCUT2D eigenvalue weighted by Crippen LogP contribution is -2.15. The zero-order valence-corrected chi connectivity index (χ0v) is 18.2. The van der Waals surface area contributed by atoms with E-state index in [4.69, 9.17) is 0 Å². The normalized spacial score (nSPS) is 10.9. The predicted octanol–water partition coefficient (Wildman–Crippen LogP) is 5.16. The molecular formula is C21H24N4OS2. The number of nitrogens with one attached hydrogen (secondary N) is 1. The van der Waals surface area contributed by atoms with Crippen LogP contribution in [0.25, 0.3) is 11.4 Å². The molecule has 0 aliphatic heterocycles.